The largest absolute Gasteiger partial charge is 0.271 e. The van der Waals surface area contributed by atoms with E-state index in [1.807, 2.05) is 25.1 Å². The highest BCUT2D eigenvalue weighted by molar-refractivity contribution is 5.59. The number of hydrogen-bond acceptors (Lipinski definition) is 3. The number of nitriles is 1. The lowest BCUT2D eigenvalue weighted by atomic mass is 10.0. The SMILES string of the molecule is CCn1nc(-c2ccc(C(C)C)cc2)cc(CC#N)c1=O. The molecule has 0 aliphatic carbocycles. The van der Waals surface area contributed by atoms with E-state index < -0.39 is 0 Å². The van der Waals surface area contributed by atoms with Crippen molar-refractivity contribution >= 4 is 0 Å². The maximum atomic E-state index is 12.1. The Kier molecular flexibility index (Phi) is 4.54. The molecule has 2 aromatic rings. The van der Waals surface area contributed by atoms with Crippen molar-refractivity contribution in [3.63, 3.8) is 0 Å². The number of aromatic nitrogens is 2. The lowest BCUT2D eigenvalue weighted by Crippen LogP contribution is -2.25. The summed E-state index contributed by atoms with van der Waals surface area (Å²) in [6.07, 6.45) is 0.110. The summed E-state index contributed by atoms with van der Waals surface area (Å²) in [6.45, 7) is 6.66. The van der Waals surface area contributed by atoms with Crippen molar-refractivity contribution < 1.29 is 0 Å². The monoisotopic (exact) mass is 281 g/mol. The first kappa shape index (κ1) is 15.0. The minimum atomic E-state index is -0.179. The molecule has 0 saturated heterocycles. The third-order valence-electron chi connectivity index (χ3n) is 3.49. The van der Waals surface area contributed by atoms with Crippen LogP contribution in [-0.2, 0) is 13.0 Å². The van der Waals surface area contributed by atoms with Gasteiger partial charge < -0.3 is 0 Å². The summed E-state index contributed by atoms with van der Waals surface area (Å²) in [5.74, 6) is 0.478. The van der Waals surface area contributed by atoms with Gasteiger partial charge in [0.15, 0.2) is 0 Å². The zero-order valence-electron chi connectivity index (χ0n) is 12.6. The number of rotatable bonds is 4. The van der Waals surface area contributed by atoms with Crippen LogP contribution < -0.4 is 5.56 Å². The third-order valence-corrected chi connectivity index (χ3v) is 3.49. The topological polar surface area (TPSA) is 58.7 Å². The minimum Gasteiger partial charge on any atom is -0.267 e. The molecule has 0 amide bonds. The summed E-state index contributed by atoms with van der Waals surface area (Å²) in [5, 5.41) is 13.2. The lowest BCUT2D eigenvalue weighted by Gasteiger charge is -2.09. The molecule has 0 atom stereocenters. The molecule has 21 heavy (non-hydrogen) atoms. The van der Waals surface area contributed by atoms with Gasteiger partial charge in [-0.2, -0.15) is 10.4 Å². The summed E-state index contributed by atoms with van der Waals surface area (Å²) in [4.78, 5) is 12.1. The average molecular weight is 281 g/mol. The Morgan fingerprint density at radius 1 is 1.29 bits per heavy atom. The Morgan fingerprint density at radius 3 is 2.48 bits per heavy atom. The smallest absolute Gasteiger partial charge is 0.267 e. The molecular weight excluding hydrogens is 262 g/mol. The molecule has 4 heteroatoms. The van der Waals surface area contributed by atoms with E-state index in [1.54, 1.807) is 6.07 Å². The fourth-order valence-electron chi connectivity index (χ4n) is 2.20. The highest BCUT2D eigenvalue weighted by Gasteiger charge is 2.09. The standard InChI is InChI=1S/C17H19N3O/c1-4-20-17(21)15(9-10-18)11-16(19-20)14-7-5-13(6-8-14)12(2)3/h5-8,11-12H,4,9H2,1-3H3. The summed E-state index contributed by atoms with van der Waals surface area (Å²) in [6, 6.07) is 11.9. The van der Waals surface area contributed by atoms with Gasteiger partial charge >= 0.3 is 0 Å². The fourth-order valence-corrected chi connectivity index (χ4v) is 2.20. The van der Waals surface area contributed by atoms with Crippen LogP contribution >= 0.6 is 0 Å². The molecular formula is C17H19N3O. The highest BCUT2D eigenvalue weighted by atomic mass is 16.1. The summed E-state index contributed by atoms with van der Waals surface area (Å²) in [7, 11) is 0. The normalized spacial score (nSPS) is 10.6. The van der Waals surface area contributed by atoms with Gasteiger partial charge in [0.1, 0.15) is 0 Å². The second kappa shape index (κ2) is 6.36. The van der Waals surface area contributed by atoms with Crippen molar-refractivity contribution in [1.29, 1.82) is 5.26 Å². The second-order valence-electron chi connectivity index (χ2n) is 5.29. The molecule has 0 aliphatic heterocycles. The Balaban J connectivity index is 2.50. The summed E-state index contributed by atoms with van der Waals surface area (Å²) >= 11 is 0. The van der Waals surface area contributed by atoms with Gasteiger partial charge in [-0.05, 0) is 24.5 Å². The number of aryl methyl sites for hydroxylation is 1. The Morgan fingerprint density at radius 2 is 1.95 bits per heavy atom. The van der Waals surface area contributed by atoms with Gasteiger partial charge in [0.2, 0.25) is 0 Å². The molecule has 1 aromatic heterocycles. The molecule has 0 bridgehead atoms. The average Bonchev–Trinajstić information content (AvgIpc) is 2.49. The second-order valence-corrected chi connectivity index (χ2v) is 5.29. The van der Waals surface area contributed by atoms with Crippen molar-refractivity contribution in [3.8, 4) is 17.3 Å². The van der Waals surface area contributed by atoms with Crippen molar-refractivity contribution in [1.82, 2.24) is 9.78 Å². The molecule has 0 spiro atoms. The van der Waals surface area contributed by atoms with E-state index in [0.717, 1.165) is 11.3 Å². The van der Waals surface area contributed by atoms with Crippen molar-refractivity contribution in [2.75, 3.05) is 0 Å². The van der Waals surface area contributed by atoms with Crippen molar-refractivity contribution in [2.24, 2.45) is 0 Å². The van der Waals surface area contributed by atoms with Gasteiger partial charge in [0, 0.05) is 17.7 Å². The molecule has 0 saturated carbocycles. The van der Waals surface area contributed by atoms with Gasteiger partial charge in [0.25, 0.3) is 5.56 Å². The zero-order chi connectivity index (χ0) is 15.4. The molecule has 2 rings (SSSR count). The first-order chi connectivity index (χ1) is 10.1. The molecule has 0 aliphatic rings. The van der Waals surface area contributed by atoms with Gasteiger partial charge in [-0.15, -0.1) is 0 Å². The molecule has 0 fully saturated rings. The Bertz CT molecular complexity index is 721. The summed E-state index contributed by atoms with van der Waals surface area (Å²) in [5.41, 5.74) is 3.27. The molecule has 4 nitrogen and oxygen atoms in total. The predicted molar refractivity (Wildman–Crippen MR) is 83.0 cm³/mol. The molecule has 1 aromatic carbocycles. The third kappa shape index (κ3) is 3.19. The Hall–Kier alpha value is -2.41. The minimum absolute atomic E-state index is 0.110. The van der Waals surface area contributed by atoms with E-state index in [9.17, 15) is 4.79 Å². The van der Waals surface area contributed by atoms with E-state index in [2.05, 4.69) is 31.1 Å². The van der Waals surface area contributed by atoms with Crippen LogP contribution in [0.3, 0.4) is 0 Å². The van der Waals surface area contributed by atoms with Gasteiger partial charge in [-0.25, -0.2) is 4.68 Å². The molecule has 108 valence electrons. The Labute approximate surface area is 124 Å². The van der Waals surface area contributed by atoms with E-state index in [-0.39, 0.29) is 12.0 Å². The molecule has 0 radical (unpaired) electrons. The van der Waals surface area contributed by atoms with Gasteiger partial charge in [-0.1, -0.05) is 38.1 Å². The number of benzene rings is 1. The van der Waals surface area contributed by atoms with Crippen LogP contribution in [0.25, 0.3) is 11.3 Å². The highest BCUT2D eigenvalue weighted by Crippen LogP contribution is 2.21. The van der Waals surface area contributed by atoms with E-state index in [0.29, 0.717) is 18.0 Å². The van der Waals surface area contributed by atoms with E-state index >= 15 is 0 Å². The van der Waals surface area contributed by atoms with Gasteiger partial charge in [0.05, 0.1) is 18.2 Å². The van der Waals surface area contributed by atoms with Crippen LogP contribution in [0.1, 0.15) is 37.8 Å². The van der Waals surface area contributed by atoms with Crippen LogP contribution in [0, 0.1) is 11.3 Å². The van der Waals surface area contributed by atoms with Crippen LogP contribution in [0.15, 0.2) is 35.1 Å². The van der Waals surface area contributed by atoms with E-state index in [1.165, 1.54) is 10.2 Å². The maximum Gasteiger partial charge on any atom is 0.271 e. The van der Waals surface area contributed by atoms with Crippen LogP contribution in [0.5, 0.6) is 0 Å². The van der Waals surface area contributed by atoms with Crippen LogP contribution in [-0.4, -0.2) is 9.78 Å². The predicted octanol–water partition coefficient (Wildman–Crippen LogP) is 3.12. The molecule has 0 N–H and O–H groups in total. The van der Waals surface area contributed by atoms with Crippen molar-refractivity contribution in [2.45, 2.75) is 39.7 Å². The van der Waals surface area contributed by atoms with Crippen molar-refractivity contribution in [3.05, 3.63) is 51.8 Å². The number of hydrogen-bond donors (Lipinski definition) is 0. The van der Waals surface area contributed by atoms with Crippen LogP contribution in [0.2, 0.25) is 0 Å². The lowest BCUT2D eigenvalue weighted by molar-refractivity contribution is 0.613. The van der Waals surface area contributed by atoms with E-state index in [4.69, 9.17) is 5.26 Å². The van der Waals surface area contributed by atoms with Crippen LogP contribution in [0.4, 0.5) is 0 Å². The first-order valence-corrected chi connectivity index (χ1v) is 7.15. The fraction of sp³-hybridized carbons (Fsp3) is 0.353. The molecule has 0 unspecified atom stereocenters. The first-order valence-electron chi connectivity index (χ1n) is 7.15. The molecule has 1 heterocycles. The zero-order valence-corrected chi connectivity index (χ0v) is 12.6. The maximum absolute atomic E-state index is 12.1. The quantitative estimate of drug-likeness (QED) is 0.865. The van der Waals surface area contributed by atoms with Gasteiger partial charge in [-0.3, -0.25) is 4.79 Å². The number of nitrogens with zero attached hydrogens (tertiary/aromatic N) is 3. The summed E-state index contributed by atoms with van der Waals surface area (Å²) < 4.78 is 1.42.